The summed E-state index contributed by atoms with van der Waals surface area (Å²) in [5.74, 6) is -2.11. The zero-order valence-electron chi connectivity index (χ0n) is 17.1. The van der Waals surface area contributed by atoms with Crippen LogP contribution < -0.4 is 4.90 Å². The number of para-hydroxylation sites is 1. The lowest BCUT2D eigenvalue weighted by atomic mass is 9.95. The largest absolute Gasteiger partial charge is 0.430 e. The van der Waals surface area contributed by atoms with E-state index >= 15 is 0 Å². The predicted octanol–water partition coefficient (Wildman–Crippen LogP) is 4.55. The Morgan fingerprint density at radius 3 is 2.39 bits per heavy atom. The Labute approximate surface area is 176 Å². The highest BCUT2D eigenvalue weighted by Crippen LogP contribution is 2.49. The normalized spacial score (nSPS) is 17.9. The Morgan fingerprint density at radius 1 is 1.13 bits per heavy atom. The first-order valence-corrected chi connectivity index (χ1v) is 9.61. The van der Waals surface area contributed by atoms with Gasteiger partial charge in [0.15, 0.2) is 0 Å². The molecule has 1 unspecified atom stereocenters. The lowest BCUT2D eigenvalue weighted by Gasteiger charge is -2.25. The Bertz CT molecular complexity index is 1110. The number of hydrogen-bond acceptors (Lipinski definition) is 3. The van der Waals surface area contributed by atoms with Gasteiger partial charge >= 0.3 is 6.18 Å². The smallest absolute Gasteiger partial charge is 0.368 e. The van der Waals surface area contributed by atoms with Crippen molar-refractivity contribution in [2.75, 3.05) is 4.90 Å². The second-order valence-corrected chi connectivity index (χ2v) is 6.83. The third-order valence-electron chi connectivity index (χ3n) is 4.94. The van der Waals surface area contributed by atoms with E-state index in [9.17, 15) is 27.5 Å². The highest BCUT2D eigenvalue weighted by molar-refractivity contribution is 6.07. The Balaban J connectivity index is 0.00000132. The minimum atomic E-state index is -5.19. The fourth-order valence-corrected chi connectivity index (χ4v) is 3.50. The summed E-state index contributed by atoms with van der Waals surface area (Å²) in [5, 5.41) is 14.2. The van der Waals surface area contributed by atoms with Crippen LogP contribution in [0.2, 0.25) is 0 Å². The lowest BCUT2D eigenvalue weighted by Crippen LogP contribution is -2.50. The van der Waals surface area contributed by atoms with Crippen molar-refractivity contribution in [2.24, 2.45) is 7.05 Å². The molecule has 0 fully saturated rings. The van der Waals surface area contributed by atoms with Gasteiger partial charge in [-0.1, -0.05) is 44.2 Å². The average Bonchev–Trinajstić information content (AvgIpc) is 3.25. The molecular weight excluding hydrogens is 414 g/mol. The number of hydrogen-bond donors (Lipinski definition) is 1. The molecule has 31 heavy (non-hydrogen) atoms. The summed E-state index contributed by atoms with van der Waals surface area (Å²) < 4.78 is 56.7. The van der Waals surface area contributed by atoms with Gasteiger partial charge in [-0.2, -0.15) is 18.3 Å². The van der Waals surface area contributed by atoms with Crippen molar-refractivity contribution in [1.29, 1.82) is 0 Å². The third kappa shape index (κ3) is 3.69. The quantitative estimate of drug-likeness (QED) is 0.614. The highest BCUT2D eigenvalue weighted by atomic mass is 19.4. The molecule has 1 amide bonds. The van der Waals surface area contributed by atoms with E-state index < -0.39 is 29.1 Å². The monoisotopic (exact) mass is 435 g/mol. The number of alkyl halides is 3. The number of anilines is 1. The number of aliphatic hydroxyl groups is 1. The number of carbonyl (C=O) groups is 1. The summed E-state index contributed by atoms with van der Waals surface area (Å²) in [6.07, 6.45) is -2.08. The summed E-state index contributed by atoms with van der Waals surface area (Å²) in [6, 6.07) is 9.31. The van der Waals surface area contributed by atoms with E-state index in [1.807, 2.05) is 13.8 Å². The SMILES string of the molecule is CC.Cn1cc(-c2ccc(CN3C(=O)C(O)(C(F)(F)F)c4ccccc43)cc2F)cn1. The molecule has 2 heterocycles. The molecule has 1 atom stereocenters. The number of nitrogens with zero attached hydrogens (tertiary/aromatic N) is 3. The number of carbonyl (C=O) groups excluding carboxylic acids is 1. The van der Waals surface area contributed by atoms with Gasteiger partial charge in [-0.25, -0.2) is 4.39 Å². The lowest BCUT2D eigenvalue weighted by molar-refractivity contribution is -0.253. The molecule has 3 aromatic rings. The molecule has 0 aliphatic carbocycles. The minimum Gasteiger partial charge on any atom is -0.368 e. The zero-order chi connectivity index (χ0) is 23.0. The molecule has 0 bridgehead atoms. The van der Waals surface area contributed by atoms with Crippen LogP contribution in [-0.4, -0.2) is 27.0 Å². The van der Waals surface area contributed by atoms with Gasteiger partial charge in [0.25, 0.3) is 11.5 Å². The van der Waals surface area contributed by atoms with E-state index in [1.54, 1.807) is 13.2 Å². The van der Waals surface area contributed by atoms with Crippen LogP contribution in [0.3, 0.4) is 0 Å². The summed E-state index contributed by atoms with van der Waals surface area (Å²) >= 11 is 0. The summed E-state index contributed by atoms with van der Waals surface area (Å²) in [6.45, 7) is 3.68. The molecule has 1 aliphatic heterocycles. The summed E-state index contributed by atoms with van der Waals surface area (Å²) in [7, 11) is 1.69. The van der Waals surface area contributed by atoms with Gasteiger partial charge in [0.1, 0.15) is 5.82 Å². The second kappa shape index (κ2) is 8.14. The maximum atomic E-state index is 14.6. The van der Waals surface area contributed by atoms with Crippen LogP contribution in [0.1, 0.15) is 25.0 Å². The predicted molar refractivity (Wildman–Crippen MR) is 108 cm³/mol. The molecule has 164 valence electrons. The van der Waals surface area contributed by atoms with Gasteiger partial charge < -0.3 is 10.0 Å². The van der Waals surface area contributed by atoms with Crippen molar-refractivity contribution in [3.63, 3.8) is 0 Å². The van der Waals surface area contributed by atoms with Crippen molar-refractivity contribution in [3.05, 3.63) is 71.8 Å². The molecule has 4 rings (SSSR count). The molecule has 5 nitrogen and oxygen atoms in total. The van der Waals surface area contributed by atoms with Crippen LogP contribution >= 0.6 is 0 Å². The Morgan fingerprint density at radius 2 is 1.81 bits per heavy atom. The van der Waals surface area contributed by atoms with Gasteiger partial charge in [0.2, 0.25) is 0 Å². The second-order valence-electron chi connectivity index (χ2n) is 6.83. The number of amides is 1. The van der Waals surface area contributed by atoms with Crippen molar-refractivity contribution in [3.8, 4) is 11.1 Å². The van der Waals surface area contributed by atoms with Crippen LogP contribution in [0.25, 0.3) is 11.1 Å². The van der Waals surface area contributed by atoms with Crippen LogP contribution in [-0.2, 0) is 24.0 Å². The standard InChI is InChI=1S/C20H15F4N3O2.C2H6/c1-26-11-13(9-25-26)14-7-6-12(8-16(14)21)10-27-17-5-3-2-4-15(17)19(29,18(27)28)20(22,23)24;1-2/h2-9,11,29H,10H2,1H3;1-2H3. The van der Waals surface area contributed by atoms with E-state index in [1.165, 1.54) is 41.2 Å². The van der Waals surface area contributed by atoms with Crippen LogP contribution in [0.4, 0.5) is 23.2 Å². The van der Waals surface area contributed by atoms with E-state index in [4.69, 9.17) is 0 Å². The molecule has 0 spiro atoms. The van der Waals surface area contributed by atoms with Gasteiger partial charge in [-0.05, 0) is 17.7 Å². The topological polar surface area (TPSA) is 58.4 Å². The molecule has 1 aromatic heterocycles. The number of aromatic nitrogens is 2. The van der Waals surface area contributed by atoms with E-state index in [2.05, 4.69) is 5.10 Å². The van der Waals surface area contributed by atoms with Gasteiger partial charge in [-0.15, -0.1) is 0 Å². The third-order valence-corrected chi connectivity index (χ3v) is 4.94. The maximum Gasteiger partial charge on any atom is 0.430 e. The van der Waals surface area contributed by atoms with Crippen LogP contribution in [0.15, 0.2) is 54.9 Å². The maximum absolute atomic E-state index is 14.6. The molecular formula is C22H21F4N3O2. The molecule has 0 saturated heterocycles. The molecule has 0 radical (unpaired) electrons. The van der Waals surface area contributed by atoms with Crippen LogP contribution in [0, 0.1) is 5.82 Å². The summed E-state index contributed by atoms with van der Waals surface area (Å²) in [5.41, 5.74) is -3.12. The Kier molecular flexibility index (Phi) is 5.91. The van der Waals surface area contributed by atoms with Crippen LogP contribution in [0.5, 0.6) is 0 Å². The first-order valence-electron chi connectivity index (χ1n) is 9.61. The van der Waals surface area contributed by atoms with Crippen molar-refractivity contribution in [2.45, 2.75) is 32.2 Å². The number of rotatable bonds is 3. The van der Waals surface area contributed by atoms with Crippen molar-refractivity contribution < 1.29 is 27.5 Å². The van der Waals surface area contributed by atoms with Gasteiger partial charge in [-0.3, -0.25) is 9.48 Å². The number of halogens is 4. The Hall–Kier alpha value is -3.20. The van der Waals surface area contributed by atoms with E-state index in [-0.39, 0.29) is 23.4 Å². The van der Waals surface area contributed by atoms with E-state index in [0.717, 1.165) is 17.0 Å². The highest BCUT2D eigenvalue weighted by Gasteiger charge is 2.66. The fraction of sp³-hybridized carbons (Fsp3) is 0.273. The molecule has 0 saturated carbocycles. The molecule has 1 aliphatic rings. The van der Waals surface area contributed by atoms with Crippen molar-refractivity contribution in [1.82, 2.24) is 9.78 Å². The molecule has 1 N–H and O–H groups in total. The fourth-order valence-electron chi connectivity index (χ4n) is 3.50. The average molecular weight is 435 g/mol. The number of benzene rings is 2. The molecule has 2 aromatic carbocycles. The molecule has 9 heteroatoms. The number of fused-ring (bicyclic) bond motifs is 1. The zero-order valence-corrected chi connectivity index (χ0v) is 17.1. The summed E-state index contributed by atoms with van der Waals surface area (Å²) in [4.78, 5) is 13.4. The van der Waals surface area contributed by atoms with Gasteiger partial charge in [0, 0.05) is 29.9 Å². The minimum absolute atomic E-state index is 0.0610. The first-order chi connectivity index (χ1) is 14.6. The first kappa shape index (κ1) is 22.5. The van der Waals surface area contributed by atoms with E-state index in [0.29, 0.717) is 5.56 Å². The van der Waals surface area contributed by atoms with Gasteiger partial charge in [0.05, 0.1) is 18.4 Å². The van der Waals surface area contributed by atoms with Crippen molar-refractivity contribution >= 4 is 11.6 Å². The number of aryl methyl sites for hydroxylation is 1.